The zero-order valence-corrected chi connectivity index (χ0v) is 17.1. The summed E-state index contributed by atoms with van der Waals surface area (Å²) in [6, 6.07) is 15.4. The maximum absolute atomic E-state index is 11.9. The van der Waals surface area contributed by atoms with Crippen LogP contribution in [0.1, 0.15) is 26.3 Å². The Balaban J connectivity index is 1.68. The molecule has 1 unspecified atom stereocenters. The van der Waals surface area contributed by atoms with Crippen molar-refractivity contribution in [3.63, 3.8) is 0 Å². The lowest BCUT2D eigenvalue weighted by Gasteiger charge is -2.22. The quantitative estimate of drug-likeness (QED) is 0.621. The molecule has 0 radical (unpaired) electrons. The van der Waals surface area contributed by atoms with E-state index < -0.39 is 23.7 Å². The minimum atomic E-state index is -1.13. The topological polar surface area (TPSA) is 97.8 Å². The average Bonchev–Trinajstić information content (AvgIpc) is 2.67. The third kappa shape index (κ3) is 5.70. The van der Waals surface area contributed by atoms with Gasteiger partial charge in [-0.05, 0) is 56.7 Å². The molecule has 7 nitrogen and oxygen atoms in total. The fourth-order valence-electron chi connectivity index (χ4n) is 2.86. The number of pyridine rings is 1. The molecule has 3 aromatic rings. The molecule has 7 heteroatoms. The third-order valence-corrected chi connectivity index (χ3v) is 4.19. The predicted octanol–water partition coefficient (Wildman–Crippen LogP) is 4.55. The Labute approximate surface area is 174 Å². The van der Waals surface area contributed by atoms with Gasteiger partial charge < -0.3 is 19.9 Å². The van der Waals surface area contributed by atoms with Crippen LogP contribution in [0.4, 0.5) is 4.79 Å². The number of carboxylic acids is 1. The molecule has 0 saturated heterocycles. The number of alkyl carbamates (subject to hydrolysis) is 1. The van der Waals surface area contributed by atoms with Gasteiger partial charge in [-0.25, -0.2) is 9.59 Å². The molecule has 0 bridgehead atoms. The molecule has 1 heterocycles. The van der Waals surface area contributed by atoms with Gasteiger partial charge in [0.1, 0.15) is 23.1 Å². The van der Waals surface area contributed by atoms with E-state index in [1.807, 2.05) is 24.3 Å². The number of amides is 1. The van der Waals surface area contributed by atoms with Gasteiger partial charge in [-0.15, -0.1) is 0 Å². The van der Waals surface area contributed by atoms with Crippen molar-refractivity contribution in [2.24, 2.45) is 0 Å². The molecule has 30 heavy (non-hydrogen) atoms. The van der Waals surface area contributed by atoms with Gasteiger partial charge >= 0.3 is 12.1 Å². The van der Waals surface area contributed by atoms with Crippen LogP contribution in [-0.4, -0.2) is 33.8 Å². The van der Waals surface area contributed by atoms with Crippen molar-refractivity contribution >= 4 is 23.0 Å². The first-order valence-electron chi connectivity index (χ1n) is 9.54. The number of benzene rings is 2. The number of hydrogen-bond acceptors (Lipinski definition) is 5. The molecule has 0 fully saturated rings. The maximum atomic E-state index is 11.9. The van der Waals surface area contributed by atoms with E-state index in [9.17, 15) is 14.7 Å². The zero-order chi connectivity index (χ0) is 21.7. The van der Waals surface area contributed by atoms with Crippen LogP contribution in [0.15, 0.2) is 60.8 Å². The van der Waals surface area contributed by atoms with Gasteiger partial charge in [0.15, 0.2) is 0 Å². The van der Waals surface area contributed by atoms with Gasteiger partial charge in [0.25, 0.3) is 0 Å². The minimum absolute atomic E-state index is 0.118. The van der Waals surface area contributed by atoms with Crippen LogP contribution in [0.2, 0.25) is 0 Å². The molecule has 2 N–H and O–H groups in total. The van der Waals surface area contributed by atoms with Crippen molar-refractivity contribution in [3.05, 3.63) is 66.4 Å². The van der Waals surface area contributed by atoms with Crippen molar-refractivity contribution in [2.75, 3.05) is 0 Å². The average molecular weight is 408 g/mol. The molecule has 0 aliphatic rings. The largest absolute Gasteiger partial charge is 0.480 e. The van der Waals surface area contributed by atoms with E-state index in [0.717, 1.165) is 16.5 Å². The number of carbonyl (C=O) groups is 2. The molecule has 0 aliphatic carbocycles. The third-order valence-electron chi connectivity index (χ3n) is 4.19. The highest BCUT2D eigenvalue weighted by Gasteiger charge is 2.24. The molecule has 1 atom stereocenters. The lowest BCUT2D eigenvalue weighted by Crippen LogP contribution is -2.44. The molecule has 156 valence electrons. The van der Waals surface area contributed by atoms with Crippen molar-refractivity contribution < 1.29 is 24.2 Å². The second-order valence-electron chi connectivity index (χ2n) is 7.81. The number of carbonyl (C=O) groups excluding carboxylic acids is 1. The summed E-state index contributed by atoms with van der Waals surface area (Å²) >= 11 is 0. The lowest BCUT2D eigenvalue weighted by atomic mass is 10.1. The van der Waals surface area contributed by atoms with Gasteiger partial charge in [0, 0.05) is 18.0 Å². The van der Waals surface area contributed by atoms with Crippen LogP contribution in [0.3, 0.4) is 0 Å². The number of carboxylic acid groups (broad SMARTS) is 1. The molecule has 0 saturated carbocycles. The number of nitrogens with zero attached hydrogens (tertiary/aromatic N) is 1. The molecular formula is C23H24N2O5. The van der Waals surface area contributed by atoms with Crippen molar-refractivity contribution in [1.29, 1.82) is 0 Å². The van der Waals surface area contributed by atoms with Gasteiger partial charge in [0.05, 0.1) is 5.52 Å². The van der Waals surface area contributed by atoms with E-state index in [1.165, 1.54) is 0 Å². The van der Waals surface area contributed by atoms with Gasteiger partial charge in [0.2, 0.25) is 0 Å². The molecular weight excluding hydrogens is 384 g/mol. The Morgan fingerprint density at radius 1 is 1.07 bits per heavy atom. The van der Waals surface area contributed by atoms with Crippen molar-refractivity contribution in [1.82, 2.24) is 10.3 Å². The Hall–Kier alpha value is -3.61. The van der Waals surface area contributed by atoms with Crippen LogP contribution in [0.25, 0.3) is 10.9 Å². The first-order valence-corrected chi connectivity index (χ1v) is 9.54. The van der Waals surface area contributed by atoms with E-state index in [-0.39, 0.29) is 6.42 Å². The number of fused-ring (bicyclic) bond motifs is 1. The van der Waals surface area contributed by atoms with E-state index in [4.69, 9.17) is 9.47 Å². The summed E-state index contributed by atoms with van der Waals surface area (Å²) in [6.45, 7) is 5.15. The highest BCUT2D eigenvalue weighted by atomic mass is 16.6. The number of rotatable bonds is 6. The lowest BCUT2D eigenvalue weighted by molar-refractivity contribution is -0.139. The Bertz CT molecular complexity index is 1040. The fourth-order valence-corrected chi connectivity index (χ4v) is 2.86. The second-order valence-corrected chi connectivity index (χ2v) is 7.81. The summed E-state index contributed by atoms with van der Waals surface area (Å²) in [5.41, 5.74) is 0.873. The van der Waals surface area contributed by atoms with E-state index in [2.05, 4.69) is 10.3 Å². The van der Waals surface area contributed by atoms with Crippen molar-refractivity contribution in [2.45, 2.75) is 38.8 Å². The molecule has 0 aliphatic heterocycles. The summed E-state index contributed by atoms with van der Waals surface area (Å²) in [4.78, 5) is 27.8. The Morgan fingerprint density at radius 3 is 2.43 bits per heavy atom. The fraction of sp³-hybridized carbons (Fsp3) is 0.261. The first-order chi connectivity index (χ1) is 14.2. The second kappa shape index (κ2) is 8.82. The minimum Gasteiger partial charge on any atom is -0.480 e. The van der Waals surface area contributed by atoms with Crippen LogP contribution >= 0.6 is 0 Å². The van der Waals surface area contributed by atoms with Crippen LogP contribution in [-0.2, 0) is 16.0 Å². The molecule has 1 amide bonds. The molecule has 2 aromatic carbocycles. The van der Waals surface area contributed by atoms with Gasteiger partial charge in [-0.3, -0.25) is 4.98 Å². The molecule has 0 spiro atoms. The molecule has 1 aromatic heterocycles. The van der Waals surface area contributed by atoms with E-state index in [1.54, 1.807) is 57.3 Å². The van der Waals surface area contributed by atoms with E-state index in [0.29, 0.717) is 11.5 Å². The summed E-state index contributed by atoms with van der Waals surface area (Å²) in [6.07, 6.45) is 1.04. The Kier molecular flexibility index (Phi) is 6.20. The normalized spacial score (nSPS) is 12.2. The highest BCUT2D eigenvalue weighted by molar-refractivity contribution is 5.85. The summed E-state index contributed by atoms with van der Waals surface area (Å²) < 4.78 is 11.1. The van der Waals surface area contributed by atoms with E-state index >= 15 is 0 Å². The van der Waals surface area contributed by atoms with Gasteiger partial charge in [-0.2, -0.15) is 0 Å². The summed E-state index contributed by atoms with van der Waals surface area (Å²) in [5, 5.41) is 12.7. The van der Waals surface area contributed by atoms with Crippen LogP contribution in [0, 0.1) is 0 Å². The molecule has 3 rings (SSSR count). The number of hydrogen-bond donors (Lipinski definition) is 2. The van der Waals surface area contributed by atoms with Crippen LogP contribution < -0.4 is 10.1 Å². The number of aliphatic carboxylic acids is 1. The SMILES string of the molecule is CC(C)(C)OC(=O)NC(Cc1ccc(Oc2ccnc3ccccc23)cc1)C(=O)O. The number of aromatic nitrogens is 1. The summed E-state index contributed by atoms with van der Waals surface area (Å²) in [5.74, 6) is 0.162. The van der Waals surface area contributed by atoms with Crippen molar-refractivity contribution in [3.8, 4) is 11.5 Å². The number of nitrogens with one attached hydrogen (secondary N) is 1. The monoisotopic (exact) mass is 408 g/mol. The summed E-state index contributed by atoms with van der Waals surface area (Å²) in [7, 11) is 0. The van der Waals surface area contributed by atoms with Crippen LogP contribution in [0.5, 0.6) is 11.5 Å². The number of para-hydroxylation sites is 1. The highest BCUT2D eigenvalue weighted by Crippen LogP contribution is 2.28. The number of ether oxygens (including phenoxy) is 2. The predicted molar refractivity (Wildman–Crippen MR) is 113 cm³/mol. The zero-order valence-electron chi connectivity index (χ0n) is 17.1. The standard InChI is InChI=1S/C23H24N2O5/c1-23(2,3)30-22(28)25-19(21(26)27)14-15-8-10-16(11-9-15)29-20-12-13-24-18-7-5-4-6-17(18)20/h4-13,19H,14H2,1-3H3,(H,25,28)(H,26,27). The first kappa shape index (κ1) is 21.1. The maximum Gasteiger partial charge on any atom is 0.408 e. The Morgan fingerprint density at radius 2 is 1.77 bits per heavy atom. The van der Waals surface area contributed by atoms with Gasteiger partial charge in [-0.1, -0.05) is 24.3 Å². The smallest absolute Gasteiger partial charge is 0.408 e.